The number of hydrogen-bond donors (Lipinski definition) is 1. The fourth-order valence-electron chi connectivity index (χ4n) is 1.79. The van der Waals surface area contributed by atoms with Crippen LogP contribution in [0.4, 0.5) is 0 Å². The fourth-order valence-corrected chi connectivity index (χ4v) is 1.79. The van der Waals surface area contributed by atoms with Gasteiger partial charge in [-0.2, -0.15) is 0 Å². The highest BCUT2D eigenvalue weighted by Crippen LogP contribution is 2.28. The van der Waals surface area contributed by atoms with Gasteiger partial charge in [-0.25, -0.2) is 0 Å². The number of aryl methyl sites for hydroxylation is 1. The molecule has 1 aliphatic carbocycles. The maximum atomic E-state index is 5.83. The van der Waals surface area contributed by atoms with Crippen LogP contribution < -0.4 is 10.5 Å². The molecule has 2 nitrogen and oxygen atoms in total. The van der Waals surface area contributed by atoms with Gasteiger partial charge >= 0.3 is 0 Å². The van der Waals surface area contributed by atoms with E-state index >= 15 is 0 Å². The average molecular weight is 205 g/mol. The largest absolute Gasteiger partial charge is 0.493 e. The zero-order chi connectivity index (χ0) is 10.7. The first-order valence-electron chi connectivity index (χ1n) is 5.72. The van der Waals surface area contributed by atoms with E-state index in [2.05, 4.69) is 25.1 Å². The van der Waals surface area contributed by atoms with Gasteiger partial charge in [-0.15, -0.1) is 0 Å². The van der Waals surface area contributed by atoms with Crippen molar-refractivity contribution < 1.29 is 4.74 Å². The summed E-state index contributed by atoms with van der Waals surface area (Å²) in [5.74, 6) is 1.79. The predicted octanol–water partition coefficient (Wildman–Crippen LogP) is 2.63. The summed E-state index contributed by atoms with van der Waals surface area (Å²) in [6.07, 6.45) is 4.03. The number of ether oxygens (including phenoxy) is 1. The Morgan fingerprint density at radius 1 is 1.40 bits per heavy atom. The normalized spacial score (nSPS) is 16.1. The molecular formula is C13H19NO. The molecule has 0 unspecified atom stereocenters. The molecule has 15 heavy (non-hydrogen) atoms. The van der Waals surface area contributed by atoms with Gasteiger partial charge in [0, 0.05) is 6.54 Å². The third-order valence-corrected chi connectivity index (χ3v) is 3.19. The van der Waals surface area contributed by atoms with Gasteiger partial charge in [-0.3, -0.25) is 0 Å². The smallest absolute Gasteiger partial charge is 0.122 e. The van der Waals surface area contributed by atoms with Crippen molar-refractivity contribution in [1.82, 2.24) is 0 Å². The van der Waals surface area contributed by atoms with E-state index in [-0.39, 0.29) is 0 Å². The molecule has 1 aromatic rings. The van der Waals surface area contributed by atoms with Crippen LogP contribution in [0, 0.1) is 12.8 Å². The van der Waals surface area contributed by atoms with Gasteiger partial charge in [0.15, 0.2) is 0 Å². The summed E-state index contributed by atoms with van der Waals surface area (Å²) >= 11 is 0. The summed E-state index contributed by atoms with van der Waals surface area (Å²) < 4.78 is 5.83. The molecule has 1 aliphatic rings. The highest BCUT2D eigenvalue weighted by molar-refractivity contribution is 5.36. The van der Waals surface area contributed by atoms with Gasteiger partial charge < -0.3 is 10.5 Å². The van der Waals surface area contributed by atoms with Crippen LogP contribution in [0.5, 0.6) is 5.75 Å². The molecule has 0 heterocycles. The maximum absolute atomic E-state index is 5.83. The van der Waals surface area contributed by atoms with Gasteiger partial charge in [-0.1, -0.05) is 18.6 Å². The van der Waals surface area contributed by atoms with E-state index in [0.29, 0.717) is 6.54 Å². The number of hydrogen-bond acceptors (Lipinski definition) is 2. The Morgan fingerprint density at radius 3 is 2.80 bits per heavy atom. The van der Waals surface area contributed by atoms with Gasteiger partial charge in [0.25, 0.3) is 0 Å². The summed E-state index contributed by atoms with van der Waals surface area (Å²) in [7, 11) is 0. The van der Waals surface area contributed by atoms with E-state index in [4.69, 9.17) is 10.5 Å². The number of rotatable bonds is 4. The quantitative estimate of drug-likeness (QED) is 0.820. The second-order valence-electron chi connectivity index (χ2n) is 4.41. The lowest BCUT2D eigenvalue weighted by molar-refractivity contribution is 0.180. The van der Waals surface area contributed by atoms with E-state index < -0.39 is 0 Å². The highest BCUT2D eigenvalue weighted by Gasteiger charge is 2.18. The summed E-state index contributed by atoms with van der Waals surface area (Å²) in [6.45, 7) is 3.53. The molecule has 82 valence electrons. The van der Waals surface area contributed by atoms with Crippen LogP contribution in [0.15, 0.2) is 18.2 Å². The van der Waals surface area contributed by atoms with Crippen LogP contribution in [-0.2, 0) is 6.54 Å². The molecule has 0 saturated heterocycles. The zero-order valence-corrected chi connectivity index (χ0v) is 9.33. The molecule has 1 aromatic carbocycles. The molecular weight excluding hydrogens is 186 g/mol. The van der Waals surface area contributed by atoms with Crippen molar-refractivity contribution in [2.45, 2.75) is 32.7 Å². The summed E-state index contributed by atoms with van der Waals surface area (Å²) in [5, 5.41) is 0. The molecule has 0 aromatic heterocycles. The Balaban J connectivity index is 1.98. The summed E-state index contributed by atoms with van der Waals surface area (Å²) in [6, 6.07) is 6.21. The van der Waals surface area contributed by atoms with E-state index in [1.54, 1.807) is 0 Å². The minimum Gasteiger partial charge on any atom is -0.493 e. The maximum Gasteiger partial charge on any atom is 0.122 e. The monoisotopic (exact) mass is 205 g/mol. The van der Waals surface area contributed by atoms with Gasteiger partial charge in [0.1, 0.15) is 5.75 Å². The Hall–Kier alpha value is -1.02. The molecule has 0 aliphatic heterocycles. The first kappa shape index (κ1) is 10.5. The van der Waals surface area contributed by atoms with E-state index in [1.807, 2.05) is 0 Å². The molecule has 1 saturated carbocycles. The molecule has 2 rings (SSSR count). The van der Waals surface area contributed by atoms with Crippen LogP contribution in [0.2, 0.25) is 0 Å². The van der Waals surface area contributed by atoms with Crippen molar-refractivity contribution in [1.29, 1.82) is 0 Å². The van der Waals surface area contributed by atoms with Crippen molar-refractivity contribution in [2.24, 2.45) is 11.7 Å². The van der Waals surface area contributed by atoms with Crippen LogP contribution in [0.3, 0.4) is 0 Å². The Kier molecular flexibility index (Phi) is 3.27. The highest BCUT2D eigenvalue weighted by atomic mass is 16.5. The lowest BCUT2D eigenvalue weighted by Crippen LogP contribution is -2.19. The van der Waals surface area contributed by atoms with Gasteiger partial charge in [0.2, 0.25) is 0 Å². The second kappa shape index (κ2) is 4.67. The molecule has 0 bridgehead atoms. The lowest BCUT2D eigenvalue weighted by atomic mass is 9.86. The summed E-state index contributed by atoms with van der Waals surface area (Å²) in [5.41, 5.74) is 7.95. The van der Waals surface area contributed by atoms with Gasteiger partial charge in [0.05, 0.1) is 6.61 Å². The second-order valence-corrected chi connectivity index (χ2v) is 4.41. The fraction of sp³-hybridized carbons (Fsp3) is 0.538. The van der Waals surface area contributed by atoms with Crippen LogP contribution >= 0.6 is 0 Å². The first-order chi connectivity index (χ1) is 7.29. The van der Waals surface area contributed by atoms with Crippen LogP contribution in [0.1, 0.15) is 30.4 Å². The summed E-state index contributed by atoms with van der Waals surface area (Å²) in [4.78, 5) is 0. The van der Waals surface area contributed by atoms with Crippen molar-refractivity contribution in [2.75, 3.05) is 6.61 Å². The van der Waals surface area contributed by atoms with E-state index in [1.165, 1.54) is 24.8 Å². The topological polar surface area (TPSA) is 35.2 Å². The van der Waals surface area contributed by atoms with Gasteiger partial charge in [-0.05, 0) is 42.9 Å². The van der Waals surface area contributed by atoms with Crippen LogP contribution in [0.25, 0.3) is 0 Å². The van der Waals surface area contributed by atoms with Crippen molar-refractivity contribution in [3.8, 4) is 5.75 Å². The third-order valence-electron chi connectivity index (χ3n) is 3.19. The Bertz CT molecular complexity index is 331. The minimum atomic E-state index is 0.583. The van der Waals surface area contributed by atoms with E-state index in [9.17, 15) is 0 Å². The molecule has 0 radical (unpaired) electrons. The van der Waals surface area contributed by atoms with Crippen molar-refractivity contribution >= 4 is 0 Å². The molecule has 0 spiro atoms. The zero-order valence-electron chi connectivity index (χ0n) is 9.33. The molecule has 2 heteroatoms. The molecule has 1 fully saturated rings. The van der Waals surface area contributed by atoms with Crippen molar-refractivity contribution in [3.05, 3.63) is 29.3 Å². The van der Waals surface area contributed by atoms with E-state index in [0.717, 1.165) is 23.8 Å². The predicted molar refractivity (Wildman–Crippen MR) is 61.9 cm³/mol. The first-order valence-corrected chi connectivity index (χ1v) is 5.72. The SMILES string of the molecule is Cc1ccc(CN)cc1OCC1CCC1. The Morgan fingerprint density at radius 2 is 2.20 bits per heavy atom. The minimum absolute atomic E-state index is 0.583. The average Bonchev–Trinajstić information content (AvgIpc) is 2.18. The van der Waals surface area contributed by atoms with Crippen molar-refractivity contribution in [3.63, 3.8) is 0 Å². The number of nitrogens with two attached hydrogens (primary N) is 1. The molecule has 0 amide bonds. The molecule has 2 N–H and O–H groups in total. The third kappa shape index (κ3) is 2.51. The number of benzene rings is 1. The van der Waals surface area contributed by atoms with Crippen LogP contribution in [-0.4, -0.2) is 6.61 Å². The molecule has 0 atom stereocenters. The Labute approximate surface area is 91.4 Å². The standard InChI is InChI=1S/C13H19NO/c1-10-5-6-12(8-14)7-13(10)15-9-11-3-2-4-11/h5-7,11H,2-4,8-9,14H2,1H3. The lowest BCUT2D eigenvalue weighted by Gasteiger charge is -2.25.